The van der Waals surface area contributed by atoms with Gasteiger partial charge in [0.15, 0.2) is 5.43 Å². The monoisotopic (exact) mass is 449 g/mol. The minimum atomic E-state index is -0.596. The van der Waals surface area contributed by atoms with Crippen LogP contribution in [0, 0.1) is 0 Å². The van der Waals surface area contributed by atoms with Gasteiger partial charge in [0.25, 0.3) is 5.91 Å². The summed E-state index contributed by atoms with van der Waals surface area (Å²) in [7, 11) is 0. The van der Waals surface area contributed by atoms with Gasteiger partial charge in [-0.05, 0) is 41.8 Å². The Hall–Kier alpha value is -3.08. The maximum absolute atomic E-state index is 13.4. The van der Waals surface area contributed by atoms with Crippen molar-refractivity contribution in [3.63, 3.8) is 0 Å². The number of carbonyl (C=O) groups excluding carboxylic acids is 1. The molecule has 0 spiro atoms. The number of fused-ring (bicyclic) bond motifs is 2. The van der Waals surface area contributed by atoms with Gasteiger partial charge in [0.1, 0.15) is 5.58 Å². The lowest BCUT2D eigenvalue weighted by Crippen LogP contribution is -2.31. The predicted octanol–water partition coefficient (Wildman–Crippen LogP) is 5.89. The zero-order chi connectivity index (χ0) is 21.5. The maximum Gasteiger partial charge on any atom is 0.290 e. The molecule has 5 rings (SSSR count). The molecule has 1 aromatic heterocycles. The fourth-order valence-corrected chi connectivity index (χ4v) is 4.43. The molecule has 1 aliphatic rings. The van der Waals surface area contributed by atoms with Gasteiger partial charge >= 0.3 is 0 Å². The minimum Gasteiger partial charge on any atom is -0.450 e. The zero-order valence-electron chi connectivity index (χ0n) is 16.3. The third kappa shape index (κ3) is 3.42. The number of para-hydroxylation sites is 1. The van der Waals surface area contributed by atoms with E-state index < -0.39 is 6.04 Å². The van der Waals surface area contributed by atoms with Gasteiger partial charge in [0.05, 0.1) is 27.0 Å². The van der Waals surface area contributed by atoms with Crippen molar-refractivity contribution in [3.8, 4) is 0 Å². The molecule has 0 bridgehead atoms. The standard InChI is InChI=1S/C25H17Cl2NO3/c26-18-11-10-16(14-19(18)27)22-21-23(29)17-8-4-5-9-20(17)31-24(21)25(30)28(22)13-12-15-6-2-1-3-7-15/h1-11,14,22H,12-13H2. The summed E-state index contributed by atoms with van der Waals surface area (Å²) in [4.78, 5) is 28.5. The molecule has 0 aliphatic carbocycles. The largest absolute Gasteiger partial charge is 0.450 e. The molecule has 154 valence electrons. The maximum atomic E-state index is 13.4. The first kappa shape index (κ1) is 19.9. The average Bonchev–Trinajstić information content (AvgIpc) is 3.07. The molecule has 0 radical (unpaired) electrons. The number of nitrogens with zero attached hydrogens (tertiary/aromatic N) is 1. The summed E-state index contributed by atoms with van der Waals surface area (Å²) < 4.78 is 5.94. The second kappa shape index (κ2) is 7.88. The predicted molar refractivity (Wildman–Crippen MR) is 122 cm³/mol. The molecular formula is C25H17Cl2NO3. The number of benzene rings is 3. The van der Waals surface area contributed by atoms with Gasteiger partial charge in [-0.25, -0.2) is 0 Å². The van der Waals surface area contributed by atoms with Crippen molar-refractivity contribution >= 4 is 40.1 Å². The number of amides is 1. The van der Waals surface area contributed by atoms with Gasteiger partial charge in [-0.2, -0.15) is 0 Å². The molecule has 4 nitrogen and oxygen atoms in total. The van der Waals surface area contributed by atoms with Crippen LogP contribution in [0.1, 0.15) is 33.3 Å². The van der Waals surface area contributed by atoms with Crippen molar-refractivity contribution in [2.24, 2.45) is 0 Å². The van der Waals surface area contributed by atoms with Crippen LogP contribution in [-0.4, -0.2) is 17.4 Å². The highest BCUT2D eigenvalue weighted by molar-refractivity contribution is 6.42. The highest BCUT2D eigenvalue weighted by Gasteiger charge is 2.42. The molecular weight excluding hydrogens is 433 g/mol. The van der Waals surface area contributed by atoms with Gasteiger partial charge in [0.2, 0.25) is 5.76 Å². The highest BCUT2D eigenvalue weighted by atomic mass is 35.5. The second-order valence-electron chi connectivity index (χ2n) is 7.48. The van der Waals surface area contributed by atoms with Gasteiger partial charge in [-0.3, -0.25) is 9.59 Å². The number of halogens is 2. The van der Waals surface area contributed by atoms with E-state index in [4.69, 9.17) is 27.6 Å². The van der Waals surface area contributed by atoms with Gasteiger partial charge in [-0.1, -0.05) is 71.7 Å². The van der Waals surface area contributed by atoms with Gasteiger partial charge in [-0.15, -0.1) is 0 Å². The Kier molecular flexibility index (Phi) is 5.05. The first-order valence-electron chi connectivity index (χ1n) is 9.90. The molecule has 3 aromatic carbocycles. The van der Waals surface area contributed by atoms with Crippen LogP contribution >= 0.6 is 23.2 Å². The lowest BCUT2D eigenvalue weighted by Gasteiger charge is -2.25. The van der Waals surface area contributed by atoms with Crippen LogP contribution in [0.25, 0.3) is 11.0 Å². The number of rotatable bonds is 4. The number of hydrogen-bond acceptors (Lipinski definition) is 3. The minimum absolute atomic E-state index is 0.0906. The molecule has 0 saturated carbocycles. The summed E-state index contributed by atoms with van der Waals surface area (Å²) in [5.41, 5.74) is 2.36. The van der Waals surface area contributed by atoms with Crippen LogP contribution in [0.3, 0.4) is 0 Å². The Balaban J connectivity index is 1.66. The Morgan fingerprint density at radius 3 is 2.39 bits per heavy atom. The Morgan fingerprint density at radius 1 is 0.871 bits per heavy atom. The van der Waals surface area contributed by atoms with E-state index >= 15 is 0 Å². The summed E-state index contributed by atoms with van der Waals surface area (Å²) in [6, 6.07) is 21.5. The highest BCUT2D eigenvalue weighted by Crippen LogP contribution is 2.39. The van der Waals surface area contributed by atoms with E-state index in [2.05, 4.69) is 0 Å². The van der Waals surface area contributed by atoms with Crippen LogP contribution in [0.2, 0.25) is 10.0 Å². The number of hydrogen-bond donors (Lipinski definition) is 0. The van der Waals surface area contributed by atoms with E-state index in [1.165, 1.54) is 0 Å². The van der Waals surface area contributed by atoms with E-state index in [0.717, 1.165) is 11.1 Å². The SMILES string of the molecule is O=C1c2oc3ccccc3c(=O)c2C(c2ccc(Cl)c(Cl)c2)N1CCc1ccccc1. The molecule has 1 aliphatic heterocycles. The van der Waals surface area contributed by atoms with Crippen molar-refractivity contribution < 1.29 is 9.21 Å². The van der Waals surface area contributed by atoms with E-state index in [9.17, 15) is 9.59 Å². The van der Waals surface area contributed by atoms with Crippen molar-refractivity contribution in [3.05, 3.63) is 116 Å². The molecule has 4 aromatic rings. The van der Waals surface area contributed by atoms with E-state index in [1.807, 2.05) is 30.3 Å². The third-order valence-electron chi connectivity index (χ3n) is 5.62. The quantitative estimate of drug-likeness (QED) is 0.390. The second-order valence-corrected chi connectivity index (χ2v) is 8.29. The van der Waals surface area contributed by atoms with E-state index in [-0.39, 0.29) is 17.1 Å². The normalized spacial score (nSPS) is 15.5. The van der Waals surface area contributed by atoms with Crippen LogP contribution in [-0.2, 0) is 6.42 Å². The molecule has 1 amide bonds. The van der Waals surface area contributed by atoms with Crippen molar-refractivity contribution in [2.45, 2.75) is 12.5 Å². The first-order valence-corrected chi connectivity index (χ1v) is 10.7. The van der Waals surface area contributed by atoms with Crippen LogP contribution < -0.4 is 5.43 Å². The lowest BCUT2D eigenvalue weighted by molar-refractivity contribution is 0.0730. The summed E-state index contributed by atoms with van der Waals surface area (Å²) in [6.07, 6.45) is 0.645. The number of carbonyl (C=O) groups is 1. The molecule has 0 saturated heterocycles. The van der Waals surface area contributed by atoms with Gasteiger partial charge < -0.3 is 9.32 Å². The van der Waals surface area contributed by atoms with Gasteiger partial charge in [0, 0.05) is 6.54 Å². The molecule has 0 N–H and O–H groups in total. The Bertz CT molecular complexity index is 1360. The fraction of sp³-hybridized carbons (Fsp3) is 0.120. The topological polar surface area (TPSA) is 50.5 Å². The van der Waals surface area contributed by atoms with Crippen molar-refractivity contribution in [2.75, 3.05) is 6.54 Å². The van der Waals surface area contributed by atoms with Crippen LogP contribution in [0.15, 0.2) is 82.0 Å². The lowest BCUT2D eigenvalue weighted by atomic mass is 9.98. The molecule has 0 fully saturated rings. The third-order valence-corrected chi connectivity index (χ3v) is 6.36. The average molecular weight is 450 g/mol. The Morgan fingerprint density at radius 2 is 1.61 bits per heavy atom. The van der Waals surface area contributed by atoms with Crippen molar-refractivity contribution in [1.82, 2.24) is 4.90 Å². The van der Waals surface area contributed by atoms with Crippen LogP contribution in [0.4, 0.5) is 0 Å². The summed E-state index contributed by atoms with van der Waals surface area (Å²) >= 11 is 12.4. The molecule has 31 heavy (non-hydrogen) atoms. The Labute approximate surface area is 188 Å². The molecule has 2 heterocycles. The molecule has 1 atom stereocenters. The molecule has 1 unspecified atom stereocenters. The smallest absolute Gasteiger partial charge is 0.290 e. The van der Waals surface area contributed by atoms with E-state index in [1.54, 1.807) is 47.4 Å². The fourth-order valence-electron chi connectivity index (χ4n) is 4.12. The van der Waals surface area contributed by atoms with Crippen molar-refractivity contribution in [1.29, 1.82) is 0 Å². The zero-order valence-corrected chi connectivity index (χ0v) is 17.9. The first-order chi connectivity index (χ1) is 15.0. The van der Waals surface area contributed by atoms with E-state index in [0.29, 0.717) is 39.5 Å². The summed E-state index contributed by atoms with van der Waals surface area (Å²) in [5.74, 6) is -0.210. The molecule has 6 heteroatoms. The summed E-state index contributed by atoms with van der Waals surface area (Å²) in [5, 5.41) is 1.23. The van der Waals surface area contributed by atoms with Crippen LogP contribution in [0.5, 0.6) is 0 Å². The summed E-state index contributed by atoms with van der Waals surface area (Å²) in [6.45, 7) is 0.424.